The van der Waals surface area contributed by atoms with E-state index in [1.807, 2.05) is 43.3 Å². The number of carbonyl (C=O) groups is 1. The summed E-state index contributed by atoms with van der Waals surface area (Å²) >= 11 is 1.67. The number of thiazole rings is 1. The fourth-order valence-electron chi connectivity index (χ4n) is 2.57. The number of hydrogen-bond acceptors (Lipinski definition) is 4. The van der Waals surface area contributed by atoms with E-state index >= 15 is 0 Å². The van der Waals surface area contributed by atoms with Gasteiger partial charge in [-0.25, -0.2) is 4.98 Å². The number of benzene rings is 2. The van der Waals surface area contributed by atoms with Crippen LogP contribution in [0.5, 0.6) is 0 Å². The highest BCUT2D eigenvalue weighted by Crippen LogP contribution is 2.33. The number of nitrogens with one attached hydrogen (secondary N) is 1. The van der Waals surface area contributed by atoms with Gasteiger partial charge in [-0.2, -0.15) is 0 Å². The average molecular weight is 334 g/mol. The summed E-state index contributed by atoms with van der Waals surface area (Å²) in [5.74, 6) is 0.0371. The minimum Gasteiger partial charge on any atom is -0.459 e. The first-order chi connectivity index (χ1) is 11.7. The summed E-state index contributed by atoms with van der Waals surface area (Å²) in [6.45, 7) is 2.02. The molecule has 0 aliphatic rings. The van der Waals surface area contributed by atoms with E-state index in [9.17, 15) is 4.79 Å². The van der Waals surface area contributed by atoms with E-state index < -0.39 is 0 Å². The van der Waals surface area contributed by atoms with Gasteiger partial charge < -0.3 is 9.73 Å². The number of hydrogen-bond donors (Lipinski definition) is 1. The predicted octanol–water partition coefficient (Wildman–Crippen LogP) is 5.12. The summed E-state index contributed by atoms with van der Waals surface area (Å²) in [6, 6.07) is 17.2. The van der Waals surface area contributed by atoms with E-state index in [2.05, 4.69) is 11.4 Å². The molecule has 2 aromatic heterocycles. The number of rotatable bonds is 3. The topological polar surface area (TPSA) is 55.1 Å². The first-order valence-corrected chi connectivity index (χ1v) is 8.34. The second-order valence-corrected chi connectivity index (χ2v) is 6.48. The minimum atomic E-state index is -0.257. The third-order valence-electron chi connectivity index (χ3n) is 3.75. The Morgan fingerprint density at radius 2 is 2.00 bits per heavy atom. The van der Waals surface area contributed by atoms with Crippen LogP contribution in [0, 0.1) is 6.92 Å². The van der Waals surface area contributed by atoms with Crippen LogP contribution in [0.3, 0.4) is 0 Å². The largest absolute Gasteiger partial charge is 0.459 e. The van der Waals surface area contributed by atoms with Crippen LogP contribution in [0.25, 0.3) is 20.8 Å². The third-order valence-corrected chi connectivity index (χ3v) is 4.82. The lowest BCUT2D eigenvalue weighted by Gasteiger charge is -2.07. The monoisotopic (exact) mass is 334 g/mol. The summed E-state index contributed by atoms with van der Waals surface area (Å²) < 4.78 is 6.27. The normalized spacial score (nSPS) is 10.9. The SMILES string of the molecule is Cc1cc(NC(=O)c2ccco2)ccc1-c1nc2ccccc2s1. The van der Waals surface area contributed by atoms with Crippen molar-refractivity contribution in [2.45, 2.75) is 6.92 Å². The Morgan fingerprint density at radius 1 is 1.12 bits per heavy atom. The molecule has 2 aromatic carbocycles. The molecule has 0 unspecified atom stereocenters. The van der Waals surface area contributed by atoms with Gasteiger partial charge in [0.25, 0.3) is 5.91 Å². The highest BCUT2D eigenvalue weighted by Gasteiger charge is 2.12. The van der Waals surface area contributed by atoms with E-state index in [4.69, 9.17) is 9.40 Å². The Balaban J connectivity index is 1.63. The lowest BCUT2D eigenvalue weighted by molar-refractivity contribution is 0.0996. The van der Waals surface area contributed by atoms with E-state index in [1.165, 1.54) is 11.0 Å². The quantitative estimate of drug-likeness (QED) is 0.566. The van der Waals surface area contributed by atoms with Gasteiger partial charge in [0.15, 0.2) is 5.76 Å². The highest BCUT2D eigenvalue weighted by molar-refractivity contribution is 7.21. The Bertz CT molecular complexity index is 986. The smallest absolute Gasteiger partial charge is 0.291 e. The number of aromatic nitrogens is 1. The van der Waals surface area contributed by atoms with Crippen molar-refractivity contribution in [2.75, 3.05) is 5.32 Å². The summed E-state index contributed by atoms with van der Waals surface area (Å²) in [4.78, 5) is 16.7. The summed E-state index contributed by atoms with van der Waals surface area (Å²) in [7, 11) is 0. The zero-order valence-electron chi connectivity index (χ0n) is 12.9. The third kappa shape index (κ3) is 2.70. The zero-order valence-corrected chi connectivity index (χ0v) is 13.8. The summed E-state index contributed by atoms with van der Waals surface area (Å²) in [6.07, 6.45) is 1.48. The van der Waals surface area contributed by atoms with Crippen LogP contribution in [0.4, 0.5) is 5.69 Å². The number of carbonyl (C=O) groups excluding carboxylic acids is 1. The Kier molecular flexibility index (Phi) is 3.63. The average Bonchev–Trinajstić information content (AvgIpc) is 3.24. The molecule has 0 radical (unpaired) electrons. The fraction of sp³-hybridized carbons (Fsp3) is 0.0526. The van der Waals surface area contributed by atoms with Gasteiger partial charge in [-0.1, -0.05) is 12.1 Å². The van der Waals surface area contributed by atoms with Gasteiger partial charge in [-0.15, -0.1) is 11.3 Å². The van der Waals surface area contributed by atoms with Crippen molar-refractivity contribution in [1.82, 2.24) is 4.98 Å². The molecule has 0 spiro atoms. The Morgan fingerprint density at radius 3 is 2.75 bits per heavy atom. The van der Waals surface area contributed by atoms with Crippen LogP contribution in [0.1, 0.15) is 16.1 Å². The van der Waals surface area contributed by atoms with Crippen LogP contribution < -0.4 is 5.32 Å². The first-order valence-electron chi connectivity index (χ1n) is 7.52. The van der Waals surface area contributed by atoms with Crippen LogP contribution >= 0.6 is 11.3 Å². The number of aryl methyl sites for hydroxylation is 1. The molecule has 0 atom stereocenters. The predicted molar refractivity (Wildman–Crippen MR) is 96.5 cm³/mol. The molecule has 0 saturated carbocycles. The maximum Gasteiger partial charge on any atom is 0.291 e. The van der Waals surface area contributed by atoms with Gasteiger partial charge in [0.05, 0.1) is 16.5 Å². The van der Waals surface area contributed by atoms with E-state index in [0.717, 1.165) is 27.3 Å². The van der Waals surface area contributed by atoms with Gasteiger partial charge in [0, 0.05) is 11.3 Å². The molecular formula is C19H14N2O2S. The molecule has 24 heavy (non-hydrogen) atoms. The van der Waals surface area contributed by atoms with Crippen molar-refractivity contribution in [3.63, 3.8) is 0 Å². The number of anilines is 1. The Hall–Kier alpha value is -2.92. The molecule has 0 aliphatic heterocycles. The molecule has 4 nitrogen and oxygen atoms in total. The second-order valence-electron chi connectivity index (χ2n) is 5.45. The molecule has 4 aromatic rings. The maximum absolute atomic E-state index is 12.0. The first kappa shape index (κ1) is 14.7. The lowest BCUT2D eigenvalue weighted by atomic mass is 10.1. The van der Waals surface area contributed by atoms with Crippen LogP contribution in [-0.2, 0) is 0 Å². The molecule has 0 fully saturated rings. The van der Waals surface area contributed by atoms with Gasteiger partial charge in [-0.3, -0.25) is 4.79 Å². The molecule has 1 N–H and O–H groups in total. The molecular weight excluding hydrogens is 320 g/mol. The van der Waals surface area contributed by atoms with Crippen LogP contribution in [0.15, 0.2) is 65.3 Å². The second kappa shape index (κ2) is 5.94. The number of nitrogens with zero attached hydrogens (tertiary/aromatic N) is 1. The molecule has 5 heteroatoms. The Labute approximate surface area is 142 Å². The standard InChI is InChI=1S/C19H14N2O2S/c1-12-11-13(20-18(22)16-6-4-10-23-16)8-9-14(12)19-21-15-5-2-3-7-17(15)24-19/h2-11H,1H3,(H,20,22). The molecule has 1 amide bonds. The molecule has 0 saturated heterocycles. The molecule has 0 bridgehead atoms. The van der Waals surface area contributed by atoms with E-state index in [-0.39, 0.29) is 5.91 Å². The zero-order chi connectivity index (χ0) is 16.5. The fourth-order valence-corrected chi connectivity index (χ4v) is 3.63. The molecule has 4 rings (SSSR count). The van der Waals surface area contributed by atoms with Gasteiger partial charge >= 0.3 is 0 Å². The van der Waals surface area contributed by atoms with Crippen LogP contribution in [0.2, 0.25) is 0 Å². The summed E-state index contributed by atoms with van der Waals surface area (Å²) in [5, 5.41) is 3.82. The number of amides is 1. The minimum absolute atomic E-state index is 0.257. The summed E-state index contributed by atoms with van der Waals surface area (Å²) in [5.41, 5.74) is 3.88. The van der Waals surface area contributed by atoms with Crippen molar-refractivity contribution >= 4 is 33.1 Å². The van der Waals surface area contributed by atoms with Gasteiger partial charge in [0.2, 0.25) is 0 Å². The maximum atomic E-state index is 12.0. The molecule has 118 valence electrons. The van der Waals surface area contributed by atoms with Crippen molar-refractivity contribution in [3.8, 4) is 10.6 Å². The van der Waals surface area contributed by atoms with Crippen molar-refractivity contribution in [3.05, 3.63) is 72.2 Å². The lowest BCUT2D eigenvalue weighted by Crippen LogP contribution is -2.10. The van der Waals surface area contributed by atoms with E-state index in [0.29, 0.717) is 5.76 Å². The number of fused-ring (bicyclic) bond motifs is 1. The van der Waals surface area contributed by atoms with Crippen LogP contribution in [-0.4, -0.2) is 10.9 Å². The van der Waals surface area contributed by atoms with Gasteiger partial charge in [0.1, 0.15) is 5.01 Å². The highest BCUT2D eigenvalue weighted by atomic mass is 32.1. The van der Waals surface area contributed by atoms with Crippen molar-refractivity contribution < 1.29 is 9.21 Å². The van der Waals surface area contributed by atoms with Gasteiger partial charge in [-0.05, 0) is 55.0 Å². The number of furan rings is 1. The van der Waals surface area contributed by atoms with E-state index in [1.54, 1.807) is 23.5 Å². The van der Waals surface area contributed by atoms with Crippen molar-refractivity contribution in [1.29, 1.82) is 0 Å². The van der Waals surface area contributed by atoms with Crippen molar-refractivity contribution in [2.24, 2.45) is 0 Å². The molecule has 2 heterocycles. The molecule has 0 aliphatic carbocycles. The number of para-hydroxylation sites is 1.